The van der Waals surface area contributed by atoms with Gasteiger partial charge in [-0.25, -0.2) is 4.68 Å². The van der Waals surface area contributed by atoms with E-state index < -0.39 is 0 Å². The van der Waals surface area contributed by atoms with Crippen LogP contribution in [-0.2, 0) is 13.0 Å². The lowest BCUT2D eigenvalue weighted by atomic mass is 10.1. The minimum atomic E-state index is -0.249. The molecule has 3 N–H and O–H groups in total. The Labute approximate surface area is 157 Å². The molecule has 138 valence electrons. The van der Waals surface area contributed by atoms with Crippen LogP contribution in [0.25, 0.3) is 0 Å². The van der Waals surface area contributed by atoms with Crippen LogP contribution in [0.5, 0.6) is 0 Å². The second-order valence-electron chi connectivity index (χ2n) is 6.43. The lowest BCUT2D eigenvalue weighted by Crippen LogP contribution is -2.33. The fourth-order valence-electron chi connectivity index (χ4n) is 3.26. The van der Waals surface area contributed by atoms with Gasteiger partial charge in [-0.3, -0.25) is 9.59 Å². The van der Waals surface area contributed by atoms with Crippen molar-refractivity contribution in [3.63, 3.8) is 0 Å². The molecule has 0 radical (unpaired) electrons. The summed E-state index contributed by atoms with van der Waals surface area (Å²) in [6, 6.07) is 5.45. The molecular weight excluding hydrogens is 352 g/mol. The van der Waals surface area contributed by atoms with E-state index in [4.69, 9.17) is 11.6 Å². The third-order valence-corrected chi connectivity index (χ3v) is 4.89. The number of fused-ring (bicyclic) bond motifs is 1. The molecule has 26 heavy (non-hydrogen) atoms. The van der Waals surface area contributed by atoms with E-state index in [-0.39, 0.29) is 18.0 Å². The fourth-order valence-corrected chi connectivity index (χ4v) is 3.47. The molecule has 0 fully saturated rings. The Hall–Kier alpha value is -2.47. The van der Waals surface area contributed by atoms with Crippen LogP contribution in [-0.4, -0.2) is 23.7 Å². The molecule has 1 aromatic heterocycles. The monoisotopic (exact) mass is 374 g/mol. The van der Waals surface area contributed by atoms with Gasteiger partial charge in [0.05, 0.1) is 0 Å². The molecule has 0 atom stereocenters. The highest BCUT2D eigenvalue weighted by molar-refractivity contribution is 6.31. The van der Waals surface area contributed by atoms with Crippen LogP contribution in [0.3, 0.4) is 0 Å². The van der Waals surface area contributed by atoms with Crippen molar-refractivity contribution in [1.29, 1.82) is 0 Å². The molecule has 2 aromatic rings. The molecular formula is C19H23ClN4O2. The Bertz CT molecular complexity index is 921. The Balaban J connectivity index is 1.84. The van der Waals surface area contributed by atoms with Gasteiger partial charge in [0.1, 0.15) is 0 Å². The lowest BCUT2D eigenvalue weighted by molar-refractivity contribution is 0.0950. The first-order chi connectivity index (χ1) is 12.4. The van der Waals surface area contributed by atoms with Crippen molar-refractivity contribution in [2.75, 3.05) is 23.8 Å². The molecule has 1 amide bonds. The summed E-state index contributed by atoms with van der Waals surface area (Å²) >= 11 is 6.15. The van der Waals surface area contributed by atoms with Crippen LogP contribution in [0, 0.1) is 13.8 Å². The number of amides is 1. The predicted molar refractivity (Wildman–Crippen MR) is 105 cm³/mol. The number of rotatable bonds is 5. The van der Waals surface area contributed by atoms with E-state index in [0.29, 0.717) is 16.1 Å². The summed E-state index contributed by atoms with van der Waals surface area (Å²) in [5.74, 6) is -0.249. The predicted octanol–water partition coefficient (Wildman–Crippen LogP) is 2.58. The normalized spacial score (nSPS) is 12.5. The molecule has 0 bridgehead atoms. The summed E-state index contributed by atoms with van der Waals surface area (Å²) < 4.78 is 1.57. The average Bonchev–Trinajstić information content (AvgIpc) is 3.06. The van der Waals surface area contributed by atoms with Crippen LogP contribution >= 0.6 is 11.6 Å². The third kappa shape index (κ3) is 3.42. The molecule has 3 rings (SSSR count). The quantitative estimate of drug-likeness (QED) is 0.752. The van der Waals surface area contributed by atoms with Gasteiger partial charge in [-0.2, -0.15) is 0 Å². The number of carbonyl (C=O) groups is 1. The molecule has 6 nitrogen and oxygen atoms in total. The van der Waals surface area contributed by atoms with E-state index in [0.717, 1.165) is 42.0 Å². The first-order valence-corrected chi connectivity index (χ1v) is 9.10. The second kappa shape index (κ2) is 7.41. The van der Waals surface area contributed by atoms with Crippen LogP contribution in [0.15, 0.2) is 23.0 Å². The van der Waals surface area contributed by atoms with Crippen LogP contribution in [0.4, 0.5) is 5.69 Å². The Kier molecular flexibility index (Phi) is 5.23. The van der Waals surface area contributed by atoms with Gasteiger partial charge in [-0.15, -0.1) is 0 Å². The summed E-state index contributed by atoms with van der Waals surface area (Å²) in [5, 5.41) is 6.56. The van der Waals surface area contributed by atoms with Gasteiger partial charge in [0.2, 0.25) is 0 Å². The second-order valence-corrected chi connectivity index (χ2v) is 6.87. The topological polar surface area (TPSA) is 75.2 Å². The number of pyridine rings is 1. The van der Waals surface area contributed by atoms with Crippen molar-refractivity contribution in [1.82, 2.24) is 9.99 Å². The molecule has 0 spiro atoms. The van der Waals surface area contributed by atoms with Gasteiger partial charge in [-0.1, -0.05) is 11.6 Å². The van der Waals surface area contributed by atoms with Crippen molar-refractivity contribution in [2.45, 2.75) is 33.7 Å². The number of halogens is 1. The first-order valence-electron chi connectivity index (χ1n) is 8.72. The maximum Gasteiger partial charge on any atom is 0.274 e. The molecule has 0 unspecified atom stereocenters. The number of anilines is 1. The minimum absolute atomic E-state index is 0.103. The molecule has 0 saturated heterocycles. The molecule has 1 aliphatic rings. The highest BCUT2D eigenvalue weighted by Crippen LogP contribution is 2.25. The summed E-state index contributed by atoms with van der Waals surface area (Å²) in [5.41, 5.74) is 7.58. The van der Waals surface area contributed by atoms with E-state index in [1.54, 1.807) is 16.8 Å². The zero-order chi connectivity index (χ0) is 18.8. The fraction of sp³-hybridized carbons (Fsp3) is 0.368. The van der Waals surface area contributed by atoms with E-state index in [1.165, 1.54) is 0 Å². The van der Waals surface area contributed by atoms with Crippen LogP contribution in [0.2, 0.25) is 5.02 Å². The van der Waals surface area contributed by atoms with Crippen LogP contribution < -0.4 is 21.6 Å². The van der Waals surface area contributed by atoms with Gasteiger partial charge in [0, 0.05) is 53.6 Å². The highest BCUT2D eigenvalue weighted by atomic mass is 35.5. The Morgan fingerprint density at radius 3 is 2.81 bits per heavy atom. The van der Waals surface area contributed by atoms with Crippen molar-refractivity contribution >= 4 is 23.2 Å². The number of nitrogens with zero attached hydrogens (tertiary/aromatic N) is 1. The van der Waals surface area contributed by atoms with E-state index >= 15 is 0 Å². The number of aromatic nitrogens is 1. The maximum atomic E-state index is 12.7. The largest absolute Gasteiger partial charge is 0.385 e. The number of nitrogens with one attached hydrogen (secondary N) is 3. The minimum Gasteiger partial charge on any atom is -0.385 e. The van der Waals surface area contributed by atoms with Crippen molar-refractivity contribution in [2.24, 2.45) is 0 Å². The molecule has 1 aromatic carbocycles. The Morgan fingerprint density at radius 1 is 1.31 bits per heavy atom. The maximum absolute atomic E-state index is 12.7. The number of aryl methyl sites for hydroxylation is 1. The molecule has 1 aliphatic heterocycles. The number of carbonyl (C=O) groups excluding carboxylic acids is 1. The molecule has 0 saturated carbocycles. The first kappa shape index (κ1) is 18.3. The van der Waals surface area contributed by atoms with Gasteiger partial charge in [0.15, 0.2) is 0 Å². The molecule has 7 heteroatoms. The molecule has 2 heterocycles. The van der Waals surface area contributed by atoms with E-state index in [1.807, 2.05) is 26.8 Å². The smallest absolute Gasteiger partial charge is 0.274 e. The van der Waals surface area contributed by atoms with Crippen LogP contribution in [0.1, 0.15) is 39.7 Å². The third-order valence-electron chi connectivity index (χ3n) is 4.67. The molecule has 0 aliphatic carbocycles. The zero-order valence-electron chi connectivity index (χ0n) is 15.2. The van der Waals surface area contributed by atoms with Gasteiger partial charge in [-0.05, 0) is 50.1 Å². The summed E-state index contributed by atoms with van der Waals surface area (Å²) in [6.45, 7) is 7.42. The Morgan fingerprint density at radius 2 is 2.08 bits per heavy atom. The highest BCUT2D eigenvalue weighted by Gasteiger charge is 2.18. The summed E-state index contributed by atoms with van der Waals surface area (Å²) in [4.78, 5) is 25.3. The van der Waals surface area contributed by atoms with Gasteiger partial charge < -0.3 is 16.1 Å². The summed E-state index contributed by atoms with van der Waals surface area (Å²) in [6.07, 6.45) is 0.831. The van der Waals surface area contributed by atoms with E-state index in [9.17, 15) is 9.59 Å². The SMILES string of the molecule is CCNc1cc(Cl)cc(C(=O)NCc2c(C)cc3n(c2=O)NCC3)c1C. The summed E-state index contributed by atoms with van der Waals surface area (Å²) in [7, 11) is 0. The standard InChI is InChI=1S/C19H23ClN4O2/c1-4-21-17-9-13(20)8-15(12(17)3)18(25)22-10-16-11(2)7-14-5-6-23-24(14)19(16)26/h7-9,21,23H,4-6,10H2,1-3H3,(H,22,25). The zero-order valence-corrected chi connectivity index (χ0v) is 16.0. The number of benzene rings is 1. The average molecular weight is 375 g/mol. The van der Waals surface area contributed by atoms with E-state index in [2.05, 4.69) is 16.1 Å². The van der Waals surface area contributed by atoms with Gasteiger partial charge >= 0.3 is 0 Å². The van der Waals surface area contributed by atoms with Crippen molar-refractivity contribution in [3.05, 3.63) is 61.5 Å². The number of hydrogen-bond acceptors (Lipinski definition) is 4. The van der Waals surface area contributed by atoms with Gasteiger partial charge in [0.25, 0.3) is 11.5 Å². The lowest BCUT2D eigenvalue weighted by Gasteiger charge is -2.15. The number of hydrogen-bond donors (Lipinski definition) is 3. The van der Waals surface area contributed by atoms with Crippen molar-refractivity contribution in [3.8, 4) is 0 Å². The van der Waals surface area contributed by atoms with Crippen molar-refractivity contribution < 1.29 is 4.79 Å².